The molecule has 0 bridgehead atoms. The minimum Gasteiger partial charge on any atom is -0.497 e. The molecule has 0 aliphatic carbocycles. The van der Waals surface area contributed by atoms with Crippen LogP contribution < -0.4 is 15.6 Å². The summed E-state index contributed by atoms with van der Waals surface area (Å²) < 4.78 is 90.7. The third kappa shape index (κ3) is 4.08. The van der Waals surface area contributed by atoms with Crippen LogP contribution in [-0.4, -0.2) is 35.2 Å². The minimum atomic E-state index is -6.12. The number of amides is 1. The van der Waals surface area contributed by atoms with Crippen molar-refractivity contribution in [3.8, 4) is 11.4 Å². The van der Waals surface area contributed by atoms with Gasteiger partial charge in [0, 0.05) is 11.3 Å². The first-order valence-electron chi connectivity index (χ1n) is 9.31. The van der Waals surface area contributed by atoms with E-state index in [2.05, 4.69) is 5.10 Å². The van der Waals surface area contributed by atoms with Gasteiger partial charge >= 0.3 is 12.4 Å². The zero-order valence-electron chi connectivity index (χ0n) is 17.1. The summed E-state index contributed by atoms with van der Waals surface area (Å²) in [5.74, 6) is -1.45. The third-order valence-corrected chi connectivity index (χ3v) is 4.96. The van der Waals surface area contributed by atoms with E-state index in [1.807, 2.05) is 0 Å². The van der Waals surface area contributed by atoms with Crippen LogP contribution in [0, 0.1) is 6.92 Å². The zero-order valence-corrected chi connectivity index (χ0v) is 17.1. The van der Waals surface area contributed by atoms with Crippen LogP contribution in [0.15, 0.2) is 59.4 Å². The molecule has 0 spiro atoms. The number of carbonyl (C=O) groups is 1. The van der Waals surface area contributed by atoms with E-state index < -0.39 is 46.2 Å². The first-order chi connectivity index (χ1) is 15.3. The molecule has 3 rings (SSSR count). The molecule has 0 unspecified atom stereocenters. The zero-order chi connectivity index (χ0) is 24.6. The molecule has 1 amide bonds. The predicted octanol–water partition coefficient (Wildman–Crippen LogP) is 4.23. The van der Waals surface area contributed by atoms with Crippen molar-refractivity contribution in [1.82, 2.24) is 15.1 Å². The molecule has 6 nitrogen and oxygen atoms in total. The van der Waals surface area contributed by atoms with Crippen LogP contribution in [0.1, 0.15) is 21.6 Å². The smallest absolute Gasteiger partial charge is 0.425 e. The van der Waals surface area contributed by atoms with E-state index in [0.717, 1.165) is 24.4 Å². The Bertz CT molecular complexity index is 1180. The number of aromatic nitrogens is 2. The third-order valence-electron chi connectivity index (χ3n) is 4.96. The lowest BCUT2D eigenvalue weighted by molar-refractivity contribution is -0.310. The van der Waals surface area contributed by atoms with Gasteiger partial charge in [-0.05, 0) is 43.3 Å². The maximum Gasteiger partial charge on any atom is 0.425 e. The van der Waals surface area contributed by atoms with Gasteiger partial charge in [0.25, 0.3) is 17.0 Å². The van der Waals surface area contributed by atoms with Crippen molar-refractivity contribution in [2.75, 3.05) is 7.11 Å². The lowest BCUT2D eigenvalue weighted by Gasteiger charge is -2.37. The molecule has 2 N–H and O–H groups in total. The van der Waals surface area contributed by atoms with E-state index in [9.17, 15) is 35.9 Å². The Morgan fingerprint density at radius 1 is 0.939 bits per heavy atom. The van der Waals surface area contributed by atoms with E-state index in [1.54, 1.807) is 6.07 Å². The summed E-state index contributed by atoms with van der Waals surface area (Å²) in [6.07, 6.45) is -12.2. The number of aromatic amines is 1. The molecule has 0 aliphatic heterocycles. The second-order valence-corrected chi connectivity index (χ2v) is 7.02. The Balaban J connectivity index is 2.24. The van der Waals surface area contributed by atoms with Crippen molar-refractivity contribution in [3.63, 3.8) is 0 Å². The first kappa shape index (κ1) is 24.0. The molecular formula is C21H17F6N3O3. The van der Waals surface area contributed by atoms with Crippen molar-refractivity contribution < 1.29 is 35.9 Å². The molecule has 33 heavy (non-hydrogen) atoms. The van der Waals surface area contributed by atoms with Gasteiger partial charge in [-0.25, -0.2) is 4.68 Å². The van der Waals surface area contributed by atoms with E-state index in [1.165, 1.54) is 43.5 Å². The second-order valence-electron chi connectivity index (χ2n) is 7.02. The topological polar surface area (TPSA) is 76.1 Å². The summed E-state index contributed by atoms with van der Waals surface area (Å²) in [5, 5.41) is 3.31. The van der Waals surface area contributed by atoms with Crippen LogP contribution >= 0.6 is 0 Å². The van der Waals surface area contributed by atoms with E-state index >= 15 is 0 Å². The molecule has 0 radical (unpaired) electrons. The normalized spacial score (nSPS) is 12.5. The van der Waals surface area contributed by atoms with Crippen molar-refractivity contribution in [2.24, 2.45) is 0 Å². The highest BCUT2D eigenvalue weighted by Gasteiger charge is 2.74. The van der Waals surface area contributed by atoms with E-state index in [4.69, 9.17) is 4.74 Å². The maximum atomic E-state index is 14.2. The van der Waals surface area contributed by atoms with Crippen LogP contribution in [0.4, 0.5) is 26.3 Å². The molecular weight excluding hydrogens is 456 g/mol. The molecule has 176 valence electrons. The molecule has 3 aromatic rings. The van der Waals surface area contributed by atoms with Gasteiger partial charge in [0.2, 0.25) is 0 Å². The van der Waals surface area contributed by atoms with Gasteiger partial charge in [0.05, 0.1) is 18.4 Å². The number of hydrogen-bond acceptors (Lipinski definition) is 3. The molecule has 1 aromatic heterocycles. The number of aryl methyl sites for hydroxylation is 1. The van der Waals surface area contributed by atoms with Gasteiger partial charge in [-0.15, -0.1) is 0 Å². The van der Waals surface area contributed by atoms with Gasteiger partial charge in [-0.2, -0.15) is 26.3 Å². The number of halogens is 6. The van der Waals surface area contributed by atoms with Crippen LogP contribution in [0.2, 0.25) is 0 Å². The Kier molecular flexibility index (Phi) is 6.05. The van der Waals surface area contributed by atoms with Crippen molar-refractivity contribution in [3.05, 3.63) is 81.8 Å². The lowest BCUT2D eigenvalue weighted by atomic mass is 9.87. The molecule has 1 heterocycles. The van der Waals surface area contributed by atoms with Crippen LogP contribution in [0.25, 0.3) is 5.69 Å². The average molecular weight is 473 g/mol. The summed E-state index contributed by atoms with van der Waals surface area (Å²) in [7, 11) is 1.29. The molecule has 0 fully saturated rings. The number of ether oxygens (including phenoxy) is 1. The van der Waals surface area contributed by atoms with Crippen LogP contribution in [0.3, 0.4) is 0 Å². The Morgan fingerprint density at radius 3 is 1.97 bits per heavy atom. The molecule has 12 heteroatoms. The summed E-state index contributed by atoms with van der Waals surface area (Å²) in [5.41, 5.74) is -9.47. The molecule has 0 saturated carbocycles. The fourth-order valence-electron chi connectivity index (χ4n) is 3.38. The predicted molar refractivity (Wildman–Crippen MR) is 105 cm³/mol. The van der Waals surface area contributed by atoms with Crippen molar-refractivity contribution in [1.29, 1.82) is 0 Å². The summed E-state index contributed by atoms with van der Waals surface area (Å²) >= 11 is 0. The number of rotatable bonds is 5. The fraction of sp³-hybridized carbons (Fsp3) is 0.238. The monoisotopic (exact) mass is 473 g/mol. The van der Waals surface area contributed by atoms with E-state index in [-0.39, 0.29) is 11.4 Å². The van der Waals surface area contributed by atoms with Crippen LogP contribution in [-0.2, 0) is 5.54 Å². The number of alkyl halides is 6. The van der Waals surface area contributed by atoms with Crippen LogP contribution in [0.5, 0.6) is 5.75 Å². The minimum absolute atomic E-state index is 0.0107. The standard InChI is InChI=1S/C21H17F6N3O3/c1-12-16(18(32)30(29-12)14-6-4-3-5-7-14)19(20(22,23)24,21(25,26)27)28-17(31)13-8-10-15(33-2)11-9-13/h3-11,29H,1-2H3,(H,28,31). The SMILES string of the molecule is COc1ccc(C(=O)NC(c2c(C)[nH]n(-c3ccccc3)c2=O)(C(F)(F)F)C(F)(F)F)cc1. The van der Waals surface area contributed by atoms with Gasteiger partial charge in [-0.3, -0.25) is 14.7 Å². The summed E-state index contributed by atoms with van der Waals surface area (Å²) in [4.78, 5) is 25.5. The Hall–Kier alpha value is -3.70. The van der Waals surface area contributed by atoms with Gasteiger partial charge in [0.15, 0.2) is 0 Å². The highest BCUT2D eigenvalue weighted by atomic mass is 19.4. The number of hydrogen-bond donors (Lipinski definition) is 2. The van der Waals surface area contributed by atoms with Gasteiger partial charge < -0.3 is 10.1 Å². The number of nitrogens with one attached hydrogen (secondary N) is 2. The maximum absolute atomic E-state index is 14.2. The largest absolute Gasteiger partial charge is 0.497 e. The first-order valence-corrected chi connectivity index (χ1v) is 9.31. The van der Waals surface area contributed by atoms with Crippen molar-refractivity contribution in [2.45, 2.75) is 24.8 Å². The number of nitrogens with zero attached hydrogens (tertiary/aromatic N) is 1. The quantitative estimate of drug-likeness (QED) is 0.545. The molecule has 0 atom stereocenters. The summed E-state index contributed by atoms with van der Waals surface area (Å²) in [6, 6.07) is 11.5. The summed E-state index contributed by atoms with van der Waals surface area (Å²) in [6.45, 7) is 0.891. The highest BCUT2D eigenvalue weighted by Crippen LogP contribution is 2.50. The highest BCUT2D eigenvalue weighted by molar-refractivity contribution is 5.95. The second kappa shape index (κ2) is 8.34. The molecule has 0 aliphatic rings. The Labute approximate surface area is 182 Å². The number of para-hydroxylation sites is 1. The van der Waals surface area contributed by atoms with Gasteiger partial charge in [0.1, 0.15) is 5.75 Å². The number of benzene rings is 2. The molecule has 2 aromatic carbocycles. The molecule has 0 saturated heterocycles. The Morgan fingerprint density at radius 2 is 1.48 bits per heavy atom. The lowest BCUT2D eigenvalue weighted by Crippen LogP contribution is -2.66. The fourth-order valence-corrected chi connectivity index (χ4v) is 3.38. The number of methoxy groups -OCH3 is 1. The average Bonchev–Trinajstić information content (AvgIpc) is 3.05. The van der Waals surface area contributed by atoms with Gasteiger partial charge in [-0.1, -0.05) is 18.2 Å². The van der Waals surface area contributed by atoms with E-state index in [0.29, 0.717) is 4.68 Å². The number of H-pyrrole nitrogens is 1. The van der Waals surface area contributed by atoms with Crippen molar-refractivity contribution >= 4 is 5.91 Å². The number of carbonyl (C=O) groups excluding carboxylic acids is 1.